The molecule has 34 heavy (non-hydrogen) atoms. The molecule has 0 aliphatic carbocycles. The van der Waals surface area contributed by atoms with Gasteiger partial charge in [-0.25, -0.2) is 8.42 Å². The highest BCUT2D eigenvalue weighted by Crippen LogP contribution is 2.28. The molecule has 2 aromatic carbocycles. The van der Waals surface area contributed by atoms with E-state index < -0.39 is 28.5 Å². The Morgan fingerprint density at radius 3 is 2.29 bits per heavy atom. The second kappa shape index (κ2) is 12.2. The monoisotopic (exact) mass is 507 g/mol. The Balaban J connectivity index is 2.35. The van der Waals surface area contributed by atoms with E-state index >= 15 is 0 Å². The first kappa shape index (κ1) is 27.7. The number of carbonyl (C=O) groups excluding carboxylic acids is 2. The van der Waals surface area contributed by atoms with Crippen molar-refractivity contribution in [3.63, 3.8) is 0 Å². The average Bonchev–Trinajstić information content (AvgIpc) is 2.79. The van der Waals surface area contributed by atoms with E-state index in [1.807, 2.05) is 44.2 Å². The van der Waals surface area contributed by atoms with Gasteiger partial charge in [0.15, 0.2) is 0 Å². The SMILES string of the molecule is CC[C@H](C)NC(=O)[C@H](C)N(CCc1ccccc1)C(=O)CN(c1cccc(Cl)c1C)S(C)(=O)=O. The van der Waals surface area contributed by atoms with Gasteiger partial charge in [0.05, 0.1) is 11.9 Å². The van der Waals surface area contributed by atoms with Gasteiger partial charge in [-0.15, -0.1) is 0 Å². The number of nitrogens with one attached hydrogen (secondary N) is 1. The van der Waals surface area contributed by atoms with E-state index in [4.69, 9.17) is 11.6 Å². The van der Waals surface area contributed by atoms with E-state index in [-0.39, 0.29) is 18.5 Å². The molecule has 9 heteroatoms. The van der Waals surface area contributed by atoms with Crippen LogP contribution in [0.3, 0.4) is 0 Å². The van der Waals surface area contributed by atoms with Gasteiger partial charge in [0.1, 0.15) is 12.6 Å². The number of halogens is 1. The predicted octanol–water partition coefficient (Wildman–Crippen LogP) is 3.79. The summed E-state index contributed by atoms with van der Waals surface area (Å²) in [5.74, 6) is -0.742. The zero-order chi connectivity index (χ0) is 25.5. The van der Waals surface area contributed by atoms with Gasteiger partial charge in [0.25, 0.3) is 0 Å². The maximum absolute atomic E-state index is 13.5. The number of hydrogen-bond acceptors (Lipinski definition) is 4. The molecular weight excluding hydrogens is 474 g/mol. The standard InChI is InChI=1S/C25H34ClN3O4S/c1-6-18(2)27-25(31)20(4)28(16-15-21-11-8-7-9-12-21)24(30)17-29(34(5,32)33)23-14-10-13-22(26)19(23)3/h7-14,18,20H,6,15-17H2,1-5H3,(H,27,31)/t18-,20-/m0/s1. The van der Waals surface area contributed by atoms with Crippen molar-refractivity contribution in [3.8, 4) is 0 Å². The van der Waals surface area contributed by atoms with Gasteiger partial charge in [-0.2, -0.15) is 0 Å². The van der Waals surface area contributed by atoms with E-state index in [0.717, 1.165) is 22.5 Å². The minimum atomic E-state index is -3.80. The summed E-state index contributed by atoms with van der Waals surface area (Å²) in [6, 6.07) is 13.7. The first-order valence-corrected chi connectivity index (χ1v) is 13.5. The number of amides is 2. The molecule has 0 aromatic heterocycles. The van der Waals surface area contributed by atoms with Crippen molar-refractivity contribution in [2.75, 3.05) is 23.7 Å². The Kier molecular flexibility index (Phi) is 9.94. The molecule has 0 aliphatic heterocycles. The van der Waals surface area contributed by atoms with E-state index in [1.165, 1.54) is 4.90 Å². The summed E-state index contributed by atoms with van der Waals surface area (Å²) in [4.78, 5) is 27.8. The van der Waals surface area contributed by atoms with Gasteiger partial charge in [-0.1, -0.05) is 54.9 Å². The largest absolute Gasteiger partial charge is 0.352 e. The van der Waals surface area contributed by atoms with Crippen molar-refractivity contribution in [1.29, 1.82) is 0 Å². The van der Waals surface area contributed by atoms with Gasteiger partial charge >= 0.3 is 0 Å². The third-order valence-corrected chi connectivity index (χ3v) is 7.38. The molecule has 1 N–H and O–H groups in total. The van der Waals surface area contributed by atoms with E-state index in [0.29, 0.717) is 22.7 Å². The molecule has 0 heterocycles. The first-order valence-electron chi connectivity index (χ1n) is 11.3. The fourth-order valence-electron chi connectivity index (χ4n) is 3.50. The topological polar surface area (TPSA) is 86.8 Å². The van der Waals surface area contributed by atoms with Crippen LogP contribution in [0.5, 0.6) is 0 Å². The summed E-state index contributed by atoms with van der Waals surface area (Å²) in [5.41, 5.74) is 1.91. The Labute approximate surface area is 208 Å². The zero-order valence-electron chi connectivity index (χ0n) is 20.4. The van der Waals surface area contributed by atoms with Gasteiger partial charge < -0.3 is 10.2 Å². The van der Waals surface area contributed by atoms with Crippen molar-refractivity contribution >= 4 is 39.1 Å². The van der Waals surface area contributed by atoms with Crippen LogP contribution < -0.4 is 9.62 Å². The maximum Gasteiger partial charge on any atom is 0.244 e. The van der Waals surface area contributed by atoms with Gasteiger partial charge in [0, 0.05) is 17.6 Å². The molecule has 2 aromatic rings. The molecule has 7 nitrogen and oxygen atoms in total. The molecule has 2 rings (SSSR count). The highest BCUT2D eigenvalue weighted by Gasteiger charge is 2.30. The van der Waals surface area contributed by atoms with Gasteiger partial charge in [-0.05, 0) is 56.9 Å². The van der Waals surface area contributed by atoms with Crippen LogP contribution >= 0.6 is 11.6 Å². The van der Waals surface area contributed by atoms with Crippen LogP contribution in [0.1, 0.15) is 38.3 Å². The van der Waals surface area contributed by atoms with E-state index in [2.05, 4.69) is 5.32 Å². The molecule has 0 saturated heterocycles. The maximum atomic E-state index is 13.5. The quantitative estimate of drug-likeness (QED) is 0.501. The smallest absolute Gasteiger partial charge is 0.244 e. The number of benzene rings is 2. The molecular formula is C25H34ClN3O4S. The van der Waals surface area contributed by atoms with Crippen LogP contribution in [0.4, 0.5) is 5.69 Å². The third-order valence-electron chi connectivity index (χ3n) is 5.84. The molecule has 0 radical (unpaired) electrons. The lowest BCUT2D eigenvalue weighted by molar-refractivity contribution is -0.139. The van der Waals surface area contributed by atoms with Crippen LogP contribution in [0, 0.1) is 6.92 Å². The summed E-state index contributed by atoms with van der Waals surface area (Å²) in [5, 5.41) is 3.32. The minimum Gasteiger partial charge on any atom is -0.352 e. The normalized spacial score (nSPS) is 13.1. The lowest BCUT2D eigenvalue weighted by atomic mass is 10.1. The van der Waals surface area contributed by atoms with Gasteiger partial charge in [-0.3, -0.25) is 13.9 Å². The van der Waals surface area contributed by atoms with Crippen molar-refractivity contribution in [2.45, 2.75) is 52.6 Å². The molecule has 186 valence electrons. The summed E-state index contributed by atoms with van der Waals surface area (Å²) < 4.78 is 26.4. The second-order valence-corrected chi connectivity index (χ2v) is 10.8. The predicted molar refractivity (Wildman–Crippen MR) is 138 cm³/mol. The number of carbonyl (C=O) groups is 2. The Morgan fingerprint density at radius 2 is 1.71 bits per heavy atom. The number of hydrogen-bond donors (Lipinski definition) is 1. The number of sulfonamides is 1. The molecule has 2 atom stereocenters. The molecule has 0 saturated carbocycles. The summed E-state index contributed by atoms with van der Waals surface area (Å²) in [6.45, 7) is 7.06. The zero-order valence-corrected chi connectivity index (χ0v) is 22.0. The fraction of sp³-hybridized carbons (Fsp3) is 0.440. The number of anilines is 1. The highest BCUT2D eigenvalue weighted by molar-refractivity contribution is 7.92. The summed E-state index contributed by atoms with van der Waals surface area (Å²) in [7, 11) is -3.80. The van der Waals surface area contributed by atoms with Crippen LogP contribution in [-0.4, -0.2) is 56.6 Å². The minimum absolute atomic E-state index is 0.0392. The average molecular weight is 508 g/mol. The summed E-state index contributed by atoms with van der Waals surface area (Å²) >= 11 is 6.21. The van der Waals surface area contributed by atoms with Crippen molar-refractivity contribution in [2.24, 2.45) is 0 Å². The van der Waals surface area contributed by atoms with E-state index in [9.17, 15) is 18.0 Å². The Morgan fingerprint density at radius 1 is 1.06 bits per heavy atom. The summed E-state index contributed by atoms with van der Waals surface area (Å²) in [6.07, 6.45) is 2.34. The molecule has 0 bridgehead atoms. The first-order chi connectivity index (χ1) is 16.0. The van der Waals surface area contributed by atoms with Crippen molar-refractivity contribution in [1.82, 2.24) is 10.2 Å². The highest BCUT2D eigenvalue weighted by atomic mass is 35.5. The number of rotatable bonds is 11. The molecule has 0 spiro atoms. The van der Waals surface area contributed by atoms with Crippen LogP contribution in [0.25, 0.3) is 0 Å². The fourth-order valence-corrected chi connectivity index (χ4v) is 4.57. The van der Waals surface area contributed by atoms with Crippen LogP contribution in [0.15, 0.2) is 48.5 Å². The van der Waals surface area contributed by atoms with E-state index in [1.54, 1.807) is 32.0 Å². The van der Waals surface area contributed by atoms with Gasteiger partial charge in [0.2, 0.25) is 21.8 Å². The Hall–Kier alpha value is -2.58. The van der Waals surface area contributed by atoms with Crippen molar-refractivity contribution < 1.29 is 18.0 Å². The molecule has 2 amide bonds. The third kappa shape index (κ3) is 7.46. The number of nitrogens with zero attached hydrogens (tertiary/aromatic N) is 2. The van der Waals surface area contributed by atoms with Crippen LogP contribution in [0.2, 0.25) is 5.02 Å². The lowest BCUT2D eigenvalue weighted by Gasteiger charge is -2.32. The Bertz CT molecular complexity index is 1090. The molecule has 0 unspecified atom stereocenters. The lowest BCUT2D eigenvalue weighted by Crippen LogP contribution is -2.53. The molecule has 0 aliphatic rings. The van der Waals surface area contributed by atoms with Crippen LogP contribution in [-0.2, 0) is 26.0 Å². The second-order valence-electron chi connectivity index (χ2n) is 8.47. The van der Waals surface area contributed by atoms with Crippen molar-refractivity contribution in [3.05, 3.63) is 64.7 Å². The molecule has 0 fully saturated rings.